The number of carbonyl (C=O) groups excluding carboxylic acids is 1. The van der Waals surface area contributed by atoms with Crippen molar-refractivity contribution in [2.45, 2.75) is 37.3 Å². The number of amides is 1. The first kappa shape index (κ1) is 27.1. The van der Waals surface area contributed by atoms with Crippen LogP contribution in [0.3, 0.4) is 0 Å². The molecule has 0 spiro atoms. The zero-order valence-electron chi connectivity index (χ0n) is 20.2. The molecule has 2 saturated heterocycles. The highest BCUT2D eigenvalue weighted by Crippen LogP contribution is 2.38. The van der Waals surface area contributed by atoms with Crippen molar-refractivity contribution in [1.29, 1.82) is 0 Å². The largest absolute Gasteiger partial charge is 0.480 e. The fourth-order valence-corrected chi connectivity index (χ4v) is 6.73. The van der Waals surface area contributed by atoms with Gasteiger partial charge in [-0.3, -0.25) is 9.35 Å². The molecular formula is C23H23F3N6O5S2. The molecule has 2 aliphatic heterocycles. The zero-order valence-corrected chi connectivity index (χ0v) is 21.8. The maximum Gasteiger partial charge on any atom is 0.326 e. The Labute approximate surface area is 226 Å². The van der Waals surface area contributed by atoms with E-state index < -0.39 is 53.5 Å². The van der Waals surface area contributed by atoms with Gasteiger partial charge in [0, 0.05) is 37.5 Å². The molecule has 0 aliphatic carbocycles. The number of thiazole rings is 1. The number of hydrogen-bond acceptors (Lipinski definition) is 8. The minimum atomic E-state index is -2.87. The number of halogens is 3. The molecule has 2 fully saturated rings. The first-order chi connectivity index (χ1) is 18.4. The van der Waals surface area contributed by atoms with Gasteiger partial charge in [-0.15, -0.1) is 0 Å². The van der Waals surface area contributed by atoms with Crippen molar-refractivity contribution in [3.63, 3.8) is 0 Å². The number of pyridine rings is 1. The molecule has 4 N–H and O–H groups in total. The number of aromatic nitrogens is 2. The van der Waals surface area contributed by atoms with E-state index in [0.29, 0.717) is 10.8 Å². The minimum absolute atomic E-state index is 0.00629. The summed E-state index contributed by atoms with van der Waals surface area (Å²) in [6.45, 7) is -0.537. The number of alkyl halides is 2. The maximum absolute atomic E-state index is 14.9. The zero-order chi connectivity index (χ0) is 28.1. The number of nitrogen functional groups attached to an aromatic ring is 1. The molecule has 4 heterocycles. The van der Waals surface area contributed by atoms with Crippen molar-refractivity contribution >= 4 is 61.2 Å². The van der Waals surface area contributed by atoms with Gasteiger partial charge in [-0.05, 0) is 35.6 Å². The summed E-state index contributed by atoms with van der Waals surface area (Å²) in [5.41, 5.74) is 5.84. The standard InChI is InChI=1S/C23H23F3N6O5S2/c24-15-9-14-12(1-4-28-19(14)27)7-13(15)8-17(21(34)35)31-5-2-16(20(31)33)32(39(36)37)18-10-29-22(38-18)30-6-3-23(25,26)11-30/h1,4,7,9-10,16-17H,2-3,5-6,8,11H2,(H2,27,28)(H,34,35)(H,36,37)/t16-,17+/m0/s1. The van der Waals surface area contributed by atoms with Crippen molar-refractivity contribution in [3.05, 3.63) is 42.0 Å². The van der Waals surface area contributed by atoms with E-state index in [0.717, 1.165) is 26.6 Å². The van der Waals surface area contributed by atoms with Crippen LogP contribution in [0, 0.1) is 5.82 Å². The smallest absolute Gasteiger partial charge is 0.326 e. The number of likely N-dealkylation sites (tertiary alicyclic amines) is 1. The number of anilines is 3. The lowest BCUT2D eigenvalue weighted by atomic mass is 10.0. The summed E-state index contributed by atoms with van der Waals surface area (Å²) in [5, 5.41) is 11.2. The number of fused-ring (bicyclic) bond motifs is 1. The predicted molar refractivity (Wildman–Crippen MR) is 139 cm³/mol. The van der Waals surface area contributed by atoms with Crippen LogP contribution < -0.4 is 14.9 Å². The van der Waals surface area contributed by atoms with Crippen LogP contribution >= 0.6 is 11.3 Å². The fourth-order valence-electron chi connectivity index (χ4n) is 4.92. The lowest BCUT2D eigenvalue weighted by Gasteiger charge is -2.27. The van der Waals surface area contributed by atoms with Gasteiger partial charge in [-0.1, -0.05) is 11.3 Å². The van der Waals surface area contributed by atoms with Crippen LogP contribution in [0.4, 0.5) is 29.1 Å². The predicted octanol–water partition coefficient (Wildman–Crippen LogP) is 2.50. The molecule has 2 aromatic heterocycles. The Hall–Kier alpha value is -3.50. The highest BCUT2D eigenvalue weighted by Gasteiger charge is 2.45. The highest BCUT2D eigenvalue weighted by atomic mass is 32.2. The van der Waals surface area contributed by atoms with Gasteiger partial charge in [-0.25, -0.2) is 36.4 Å². The van der Waals surface area contributed by atoms with Crippen LogP contribution in [0.2, 0.25) is 0 Å². The van der Waals surface area contributed by atoms with Crippen LogP contribution in [-0.4, -0.2) is 78.3 Å². The van der Waals surface area contributed by atoms with Crippen LogP contribution in [0.15, 0.2) is 30.6 Å². The average molecular weight is 585 g/mol. The van der Waals surface area contributed by atoms with Gasteiger partial charge < -0.3 is 20.6 Å². The van der Waals surface area contributed by atoms with Gasteiger partial charge in [0.15, 0.2) is 5.13 Å². The molecule has 0 saturated carbocycles. The Morgan fingerprint density at radius 3 is 2.77 bits per heavy atom. The summed E-state index contributed by atoms with van der Waals surface area (Å²) in [4.78, 5) is 36.0. The van der Waals surface area contributed by atoms with E-state index in [4.69, 9.17) is 5.73 Å². The summed E-state index contributed by atoms with van der Waals surface area (Å²) in [5.74, 6) is -5.56. The lowest BCUT2D eigenvalue weighted by Crippen LogP contribution is -2.48. The third kappa shape index (κ3) is 5.23. The molecule has 1 unspecified atom stereocenters. The first-order valence-corrected chi connectivity index (χ1v) is 13.7. The number of nitrogens with two attached hydrogens (primary N) is 1. The van der Waals surface area contributed by atoms with Crippen LogP contribution in [-0.2, 0) is 27.3 Å². The lowest BCUT2D eigenvalue weighted by molar-refractivity contribution is -0.148. The number of aliphatic carboxylic acids is 1. The summed E-state index contributed by atoms with van der Waals surface area (Å²) in [6.07, 6.45) is 1.97. The van der Waals surface area contributed by atoms with E-state index in [1.165, 1.54) is 23.4 Å². The number of benzene rings is 1. The monoisotopic (exact) mass is 584 g/mol. The van der Waals surface area contributed by atoms with E-state index in [9.17, 15) is 36.6 Å². The summed E-state index contributed by atoms with van der Waals surface area (Å²) < 4.78 is 65.4. The van der Waals surface area contributed by atoms with Gasteiger partial charge in [-0.2, -0.15) is 0 Å². The summed E-state index contributed by atoms with van der Waals surface area (Å²) >= 11 is -1.82. The Morgan fingerprint density at radius 1 is 1.33 bits per heavy atom. The molecule has 3 atom stereocenters. The molecule has 1 amide bonds. The molecule has 1 aromatic carbocycles. The third-order valence-electron chi connectivity index (χ3n) is 6.84. The van der Waals surface area contributed by atoms with E-state index >= 15 is 0 Å². The van der Waals surface area contributed by atoms with Crippen LogP contribution in [0.5, 0.6) is 0 Å². The van der Waals surface area contributed by atoms with Crippen molar-refractivity contribution in [3.8, 4) is 0 Å². The number of hydrogen-bond donors (Lipinski definition) is 3. The molecule has 11 nitrogen and oxygen atoms in total. The SMILES string of the molecule is Nc1nccc2cc(C[C@H](C(=O)O)N3CC[C@H](N(c4cnc(N5CCC(F)(F)C5)s4)S(=O)O)C3=O)c(F)cc12. The Kier molecular flexibility index (Phi) is 7.11. The number of carboxylic acids is 1. The second-order valence-electron chi connectivity index (χ2n) is 9.32. The van der Waals surface area contributed by atoms with Crippen LogP contribution in [0.1, 0.15) is 18.4 Å². The highest BCUT2D eigenvalue weighted by molar-refractivity contribution is 7.81. The Bertz CT molecular complexity index is 1470. The second kappa shape index (κ2) is 10.2. The summed E-state index contributed by atoms with van der Waals surface area (Å²) in [7, 11) is 0. The van der Waals surface area contributed by atoms with Gasteiger partial charge in [0.2, 0.25) is 5.91 Å². The Morgan fingerprint density at radius 2 is 2.10 bits per heavy atom. The molecule has 16 heteroatoms. The van der Waals surface area contributed by atoms with Crippen molar-refractivity contribution < 1.29 is 36.6 Å². The molecule has 0 bridgehead atoms. The molecule has 0 radical (unpaired) electrons. The minimum Gasteiger partial charge on any atom is -0.480 e. The number of nitrogens with zero attached hydrogens (tertiary/aromatic N) is 5. The Balaban J connectivity index is 1.38. The van der Waals surface area contributed by atoms with E-state index in [2.05, 4.69) is 9.97 Å². The van der Waals surface area contributed by atoms with Gasteiger partial charge in [0.05, 0.1) is 12.7 Å². The first-order valence-electron chi connectivity index (χ1n) is 11.8. The van der Waals surface area contributed by atoms with E-state index in [-0.39, 0.29) is 53.9 Å². The van der Waals surface area contributed by atoms with E-state index in [1.54, 1.807) is 6.07 Å². The number of rotatable bonds is 8. The molecule has 3 aromatic rings. The van der Waals surface area contributed by atoms with Gasteiger partial charge in [0.25, 0.3) is 17.2 Å². The van der Waals surface area contributed by atoms with Gasteiger partial charge in [0.1, 0.15) is 28.7 Å². The van der Waals surface area contributed by atoms with Crippen LogP contribution in [0.25, 0.3) is 10.8 Å². The molecular weight excluding hydrogens is 561 g/mol. The molecule has 5 rings (SSSR count). The third-order valence-corrected chi connectivity index (χ3v) is 8.80. The number of carboxylic acid groups (broad SMARTS) is 1. The molecule has 39 heavy (non-hydrogen) atoms. The topological polar surface area (TPSA) is 153 Å². The van der Waals surface area contributed by atoms with Crippen molar-refractivity contribution in [1.82, 2.24) is 14.9 Å². The molecule has 208 valence electrons. The normalized spacial score (nSPS) is 20.5. The molecule has 2 aliphatic rings. The van der Waals surface area contributed by atoms with Crippen molar-refractivity contribution in [2.24, 2.45) is 0 Å². The fraction of sp³-hybridized carbons (Fsp3) is 0.391. The average Bonchev–Trinajstić information content (AvgIpc) is 3.58. The number of carbonyl (C=O) groups is 2. The second-order valence-corrected chi connectivity index (χ2v) is 11.2. The maximum atomic E-state index is 14.9. The quantitative estimate of drug-likeness (QED) is 0.339. The summed E-state index contributed by atoms with van der Waals surface area (Å²) in [6, 6.07) is 1.55. The van der Waals surface area contributed by atoms with E-state index in [1.807, 2.05) is 0 Å². The van der Waals surface area contributed by atoms with Gasteiger partial charge >= 0.3 is 5.97 Å². The van der Waals surface area contributed by atoms with Crippen molar-refractivity contribution in [2.75, 3.05) is 34.6 Å².